The largest absolute Gasteiger partial charge is 0.424 e. The lowest BCUT2D eigenvalue weighted by Crippen LogP contribution is -2.23. The summed E-state index contributed by atoms with van der Waals surface area (Å²) in [6.07, 6.45) is 1.77. The molecule has 0 fully saturated rings. The van der Waals surface area contributed by atoms with Crippen LogP contribution >= 0.6 is 47.8 Å². The Kier molecular flexibility index (Phi) is 5.69. The summed E-state index contributed by atoms with van der Waals surface area (Å²) < 4.78 is 4.06. The van der Waals surface area contributed by atoms with Crippen LogP contribution in [0.1, 0.15) is 0 Å². The maximum absolute atomic E-state index is 11.5. The van der Waals surface area contributed by atoms with Gasteiger partial charge in [-0.25, -0.2) is 4.79 Å². The number of anilines is 1. The minimum atomic E-state index is -1.05. The Morgan fingerprint density at radius 2 is 1.94 bits per heavy atom. The van der Waals surface area contributed by atoms with Crippen molar-refractivity contribution in [1.29, 1.82) is 0 Å². The molecule has 0 saturated heterocycles. The molecule has 0 heterocycles. The fraction of sp³-hybridized carbons (Fsp3) is 0.182. The number of rotatable bonds is 4. The van der Waals surface area contributed by atoms with E-state index in [4.69, 9.17) is 4.74 Å². The van der Waals surface area contributed by atoms with Crippen molar-refractivity contribution >= 4 is 59.4 Å². The third-order valence-corrected chi connectivity index (χ3v) is 2.72. The first-order valence-corrected chi connectivity index (χ1v) is 7.05. The standard InChI is InChI=1S/C11H10Br3NO2/c1-2-7-15-8-3-5-9(6-4-8)17-10(16)11(12,13)14/h2-6,15H,1,7H2. The molecule has 0 spiro atoms. The van der Waals surface area contributed by atoms with Crippen LogP contribution in [0.5, 0.6) is 5.75 Å². The Bertz CT molecular complexity index is 398. The number of carbonyl (C=O) groups excluding carboxylic acids is 1. The predicted molar refractivity (Wildman–Crippen MR) is 80.3 cm³/mol. The van der Waals surface area contributed by atoms with Gasteiger partial charge in [0.2, 0.25) is 2.14 Å². The van der Waals surface area contributed by atoms with Crippen molar-refractivity contribution in [2.24, 2.45) is 0 Å². The van der Waals surface area contributed by atoms with Gasteiger partial charge in [0.05, 0.1) is 0 Å². The van der Waals surface area contributed by atoms with E-state index in [-0.39, 0.29) is 0 Å². The molecule has 0 saturated carbocycles. The highest BCUT2D eigenvalue weighted by Gasteiger charge is 2.30. The molecule has 1 N–H and O–H groups in total. The summed E-state index contributed by atoms with van der Waals surface area (Å²) in [5.74, 6) is -0.00817. The first-order valence-electron chi connectivity index (χ1n) is 4.67. The Morgan fingerprint density at radius 1 is 1.35 bits per heavy atom. The first-order chi connectivity index (χ1) is 7.93. The molecule has 0 aliphatic rings. The van der Waals surface area contributed by atoms with Gasteiger partial charge in [-0.2, -0.15) is 0 Å². The summed E-state index contributed by atoms with van der Waals surface area (Å²) in [4.78, 5) is 11.5. The van der Waals surface area contributed by atoms with Crippen LogP contribution in [0.3, 0.4) is 0 Å². The Morgan fingerprint density at radius 3 is 2.41 bits per heavy atom. The molecule has 0 radical (unpaired) electrons. The third kappa shape index (κ3) is 5.23. The van der Waals surface area contributed by atoms with Gasteiger partial charge in [-0.1, -0.05) is 6.08 Å². The molecular formula is C11H10Br3NO2. The van der Waals surface area contributed by atoms with E-state index < -0.39 is 8.11 Å². The monoisotopic (exact) mass is 425 g/mol. The number of halogens is 3. The Labute approximate surface area is 125 Å². The number of alkyl halides is 3. The molecule has 0 atom stereocenters. The van der Waals surface area contributed by atoms with Crippen molar-refractivity contribution in [3.8, 4) is 5.75 Å². The fourth-order valence-corrected chi connectivity index (χ4v) is 1.24. The molecule has 0 aliphatic heterocycles. The van der Waals surface area contributed by atoms with Crippen molar-refractivity contribution in [2.75, 3.05) is 11.9 Å². The van der Waals surface area contributed by atoms with Crippen LogP contribution in [0, 0.1) is 0 Å². The molecular weight excluding hydrogens is 418 g/mol. The zero-order chi connectivity index (χ0) is 12.9. The van der Waals surface area contributed by atoms with Gasteiger partial charge in [0, 0.05) is 12.2 Å². The molecule has 1 aromatic rings. The summed E-state index contributed by atoms with van der Waals surface area (Å²) in [5.41, 5.74) is 0.937. The number of esters is 1. The lowest BCUT2D eigenvalue weighted by Gasteiger charge is -2.11. The third-order valence-electron chi connectivity index (χ3n) is 1.75. The summed E-state index contributed by atoms with van der Waals surface area (Å²) in [6.45, 7) is 4.30. The van der Waals surface area contributed by atoms with Gasteiger partial charge in [-0.15, -0.1) is 6.58 Å². The number of hydrogen-bond acceptors (Lipinski definition) is 3. The summed E-state index contributed by atoms with van der Waals surface area (Å²) in [6, 6.07) is 7.07. The van der Waals surface area contributed by atoms with Crippen molar-refractivity contribution in [1.82, 2.24) is 0 Å². The number of benzene rings is 1. The molecule has 0 unspecified atom stereocenters. The quantitative estimate of drug-likeness (QED) is 0.341. The topological polar surface area (TPSA) is 38.3 Å². The zero-order valence-corrected chi connectivity index (χ0v) is 13.5. The van der Waals surface area contributed by atoms with E-state index in [0.717, 1.165) is 5.69 Å². The molecule has 0 aromatic heterocycles. The fourth-order valence-electron chi connectivity index (χ4n) is 0.996. The lowest BCUT2D eigenvalue weighted by molar-refractivity contribution is -0.132. The highest BCUT2D eigenvalue weighted by Crippen LogP contribution is 2.35. The van der Waals surface area contributed by atoms with Gasteiger partial charge in [-0.3, -0.25) is 0 Å². The SMILES string of the molecule is C=CCNc1ccc(OC(=O)C(Br)(Br)Br)cc1. The molecule has 0 amide bonds. The maximum Gasteiger partial charge on any atom is 0.350 e. The molecule has 17 heavy (non-hydrogen) atoms. The summed E-state index contributed by atoms with van der Waals surface area (Å²) >= 11 is 9.26. The first kappa shape index (κ1) is 14.7. The molecule has 3 nitrogen and oxygen atoms in total. The Balaban J connectivity index is 2.62. The molecule has 6 heteroatoms. The van der Waals surface area contributed by atoms with E-state index in [1.807, 2.05) is 12.1 Å². The van der Waals surface area contributed by atoms with E-state index in [2.05, 4.69) is 59.7 Å². The zero-order valence-electron chi connectivity index (χ0n) is 8.75. The normalized spacial score (nSPS) is 10.8. The van der Waals surface area contributed by atoms with Crippen molar-refractivity contribution in [3.05, 3.63) is 36.9 Å². The van der Waals surface area contributed by atoms with Crippen LogP contribution in [-0.4, -0.2) is 14.7 Å². The maximum atomic E-state index is 11.5. The van der Waals surface area contributed by atoms with E-state index in [9.17, 15) is 4.79 Å². The van der Waals surface area contributed by atoms with Gasteiger partial charge in [0.1, 0.15) is 5.75 Å². The van der Waals surface area contributed by atoms with Crippen molar-refractivity contribution in [2.45, 2.75) is 2.14 Å². The average Bonchev–Trinajstić information content (AvgIpc) is 2.27. The number of ether oxygens (including phenoxy) is 1. The molecule has 0 aliphatic carbocycles. The second-order valence-electron chi connectivity index (χ2n) is 3.08. The second-order valence-corrected chi connectivity index (χ2v) is 9.84. The van der Waals surface area contributed by atoms with Gasteiger partial charge < -0.3 is 10.1 Å². The number of carbonyl (C=O) groups is 1. The highest BCUT2D eigenvalue weighted by atomic mass is 80.0. The van der Waals surface area contributed by atoms with Gasteiger partial charge >= 0.3 is 5.97 Å². The minimum absolute atomic E-state index is 0.474. The van der Waals surface area contributed by atoms with Crippen LogP contribution < -0.4 is 10.1 Å². The van der Waals surface area contributed by atoms with Crippen LogP contribution in [-0.2, 0) is 4.79 Å². The van der Waals surface area contributed by atoms with Crippen LogP contribution in [0.25, 0.3) is 0 Å². The van der Waals surface area contributed by atoms with Crippen molar-refractivity contribution in [3.63, 3.8) is 0 Å². The van der Waals surface area contributed by atoms with Crippen LogP contribution in [0.15, 0.2) is 36.9 Å². The molecule has 92 valence electrons. The molecule has 1 rings (SSSR count). The van der Waals surface area contributed by atoms with Crippen LogP contribution in [0.4, 0.5) is 5.69 Å². The Hall–Kier alpha value is -0.330. The molecule has 1 aromatic carbocycles. The van der Waals surface area contributed by atoms with E-state index in [1.165, 1.54) is 0 Å². The highest BCUT2D eigenvalue weighted by molar-refractivity contribution is 9.40. The molecule has 0 bridgehead atoms. The van der Waals surface area contributed by atoms with Crippen molar-refractivity contribution < 1.29 is 9.53 Å². The van der Waals surface area contributed by atoms with E-state index >= 15 is 0 Å². The van der Waals surface area contributed by atoms with Gasteiger partial charge in [0.15, 0.2) is 0 Å². The number of hydrogen-bond donors (Lipinski definition) is 1. The lowest BCUT2D eigenvalue weighted by atomic mass is 10.3. The number of nitrogens with one attached hydrogen (secondary N) is 1. The predicted octanol–water partition coefficient (Wildman–Crippen LogP) is 4.03. The van der Waals surface area contributed by atoms with Crippen LogP contribution in [0.2, 0.25) is 0 Å². The van der Waals surface area contributed by atoms with E-state index in [0.29, 0.717) is 12.3 Å². The summed E-state index contributed by atoms with van der Waals surface area (Å²) in [7, 11) is 0. The smallest absolute Gasteiger partial charge is 0.350 e. The van der Waals surface area contributed by atoms with E-state index in [1.54, 1.807) is 18.2 Å². The minimum Gasteiger partial charge on any atom is -0.424 e. The van der Waals surface area contributed by atoms with Gasteiger partial charge in [-0.05, 0) is 72.1 Å². The second kappa shape index (κ2) is 6.56. The average molecular weight is 428 g/mol. The van der Waals surface area contributed by atoms with Gasteiger partial charge in [0.25, 0.3) is 0 Å². The summed E-state index contributed by atoms with van der Waals surface area (Å²) in [5, 5.41) is 3.12.